The predicted molar refractivity (Wildman–Crippen MR) is 99.6 cm³/mol. The van der Waals surface area contributed by atoms with Gasteiger partial charge in [-0.2, -0.15) is 5.10 Å². The minimum atomic E-state index is -0.432. The molecule has 0 unspecified atom stereocenters. The van der Waals surface area contributed by atoms with E-state index in [-0.39, 0.29) is 5.69 Å². The molecule has 1 aromatic heterocycles. The normalized spacial score (nSPS) is 10.9. The van der Waals surface area contributed by atoms with Crippen molar-refractivity contribution < 1.29 is 4.92 Å². The highest BCUT2D eigenvalue weighted by atomic mass is 79.9. The van der Waals surface area contributed by atoms with E-state index in [0.717, 1.165) is 21.3 Å². The molecule has 0 radical (unpaired) electrons. The van der Waals surface area contributed by atoms with Crippen molar-refractivity contribution in [2.24, 2.45) is 5.10 Å². The largest absolute Gasteiger partial charge is 0.269 e. The molecule has 0 spiro atoms. The molecule has 0 amide bonds. The van der Waals surface area contributed by atoms with E-state index in [0.29, 0.717) is 5.13 Å². The summed E-state index contributed by atoms with van der Waals surface area (Å²) in [7, 11) is 0. The van der Waals surface area contributed by atoms with Crippen molar-refractivity contribution in [2.45, 2.75) is 0 Å². The van der Waals surface area contributed by atoms with Gasteiger partial charge in [-0.25, -0.2) is 4.98 Å². The fraction of sp³-hybridized carbons (Fsp3) is 0. The summed E-state index contributed by atoms with van der Waals surface area (Å²) in [5.74, 6) is 0. The number of aromatic nitrogens is 1. The summed E-state index contributed by atoms with van der Waals surface area (Å²) < 4.78 is 1.02. The number of hydrogen-bond acceptors (Lipinski definition) is 6. The lowest BCUT2D eigenvalue weighted by Gasteiger charge is -1.97. The first-order chi connectivity index (χ1) is 11.6. The maximum absolute atomic E-state index is 10.6. The Balaban J connectivity index is 1.64. The van der Waals surface area contributed by atoms with Gasteiger partial charge in [0.25, 0.3) is 5.69 Å². The van der Waals surface area contributed by atoms with Crippen LogP contribution >= 0.6 is 27.3 Å². The van der Waals surface area contributed by atoms with Crippen molar-refractivity contribution in [1.29, 1.82) is 0 Å². The molecule has 0 saturated carbocycles. The van der Waals surface area contributed by atoms with Gasteiger partial charge in [-0.15, -0.1) is 11.3 Å². The topological polar surface area (TPSA) is 80.4 Å². The quantitative estimate of drug-likeness (QED) is 0.372. The van der Waals surface area contributed by atoms with E-state index in [1.54, 1.807) is 18.3 Å². The summed E-state index contributed by atoms with van der Waals surface area (Å²) in [6.07, 6.45) is 1.59. The molecule has 2 aromatic carbocycles. The fourth-order valence-electron chi connectivity index (χ4n) is 1.92. The number of anilines is 1. The lowest BCUT2D eigenvalue weighted by molar-refractivity contribution is -0.384. The molecule has 0 bridgehead atoms. The second-order valence-electron chi connectivity index (χ2n) is 4.76. The Morgan fingerprint density at radius 3 is 2.54 bits per heavy atom. The summed E-state index contributed by atoms with van der Waals surface area (Å²) in [4.78, 5) is 14.6. The minimum absolute atomic E-state index is 0.0548. The average Bonchev–Trinajstić information content (AvgIpc) is 3.05. The molecule has 6 nitrogen and oxygen atoms in total. The number of halogens is 1. The van der Waals surface area contributed by atoms with Gasteiger partial charge < -0.3 is 0 Å². The first kappa shape index (κ1) is 16.3. The zero-order valence-electron chi connectivity index (χ0n) is 12.2. The molecular weight excluding hydrogens is 392 g/mol. The molecule has 120 valence electrons. The number of nitrogens with one attached hydrogen (secondary N) is 1. The molecule has 1 heterocycles. The van der Waals surface area contributed by atoms with Crippen LogP contribution in [0.25, 0.3) is 11.3 Å². The number of thiazole rings is 1. The van der Waals surface area contributed by atoms with E-state index in [2.05, 4.69) is 31.4 Å². The Kier molecular flexibility index (Phi) is 4.97. The molecular formula is C16H11BrN4O2S. The zero-order valence-corrected chi connectivity index (χ0v) is 14.6. The van der Waals surface area contributed by atoms with E-state index < -0.39 is 4.92 Å². The SMILES string of the molecule is O=[N+]([O-])c1ccc(/C=N\Nc2nc(-c3ccc(Br)cc3)cs2)cc1. The first-order valence-electron chi connectivity index (χ1n) is 6.87. The van der Waals surface area contributed by atoms with E-state index >= 15 is 0 Å². The molecule has 3 aromatic rings. The summed E-state index contributed by atoms with van der Waals surface area (Å²) >= 11 is 4.86. The highest BCUT2D eigenvalue weighted by Crippen LogP contribution is 2.26. The smallest absolute Gasteiger partial charge is 0.258 e. The number of rotatable bonds is 5. The van der Waals surface area contributed by atoms with Crippen molar-refractivity contribution in [3.63, 3.8) is 0 Å². The molecule has 8 heteroatoms. The van der Waals surface area contributed by atoms with Crippen molar-refractivity contribution >= 4 is 44.3 Å². The van der Waals surface area contributed by atoms with E-state index in [4.69, 9.17) is 0 Å². The third-order valence-corrected chi connectivity index (χ3v) is 4.40. The number of nitro groups is 1. The summed E-state index contributed by atoms with van der Waals surface area (Å²) in [6, 6.07) is 14.1. The maximum atomic E-state index is 10.6. The summed E-state index contributed by atoms with van der Waals surface area (Å²) in [5, 5.41) is 17.3. The number of nitro benzene ring substituents is 1. The average molecular weight is 403 g/mol. The Morgan fingerprint density at radius 2 is 1.88 bits per heavy atom. The van der Waals surface area contributed by atoms with Crippen LogP contribution in [-0.4, -0.2) is 16.1 Å². The Bertz CT molecular complexity index is 876. The molecule has 1 N–H and O–H groups in total. The fourth-order valence-corrected chi connectivity index (χ4v) is 2.86. The maximum Gasteiger partial charge on any atom is 0.269 e. The second kappa shape index (κ2) is 7.33. The van der Waals surface area contributed by atoms with Gasteiger partial charge in [0, 0.05) is 27.5 Å². The standard InChI is InChI=1S/C16H11BrN4O2S/c17-13-5-3-12(4-6-13)15-10-24-16(19-15)20-18-9-11-1-7-14(8-2-11)21(22)23/h1-10H,(H,19,20)/b18-9-. The van der Waals surface area contributed by atoms with Gasteiger partial charge >= 0.3 is 0 Å². The molecule has 0 aliphatic carbocycles. The number of hydrogen-bond donors (Lipinski definition) is 1. The van der Waals surface area contributed by atoms with Crippen molar-refractivity contribution in [1.82, 2.24) is 4.98 Å². The molecule has 0 saturated heterocycles. The summed E-state index contributed by atoms with van der Waals surface area (Å²) in [6.45, 7) is 0. The van der Waals surface area contributed by atoms with Gasteiger partial charge in [-0.1, -0.05) is 28.1 Å². The van der Waals surface area contributed by atoms with Crippen LogP contribution in [-0.2, 0) is 0 Å². The third-order valence-electron chi connectivity index (χ3n) is 3.12. The van der Waals surface area contributed by atoms with Crippen molar-refractivity contribution in [3.05, 3.63) is 74.1 Å². The molecule has 24 heavy (non-hydrogen) atoms. The van der Waals surface area contributed by atoms with E-state index in [1.807, 2.05) is 29.6 Å². The number of benzene rings is 2. The Hall–Kier alpha value is -2.58. The lowest BCUT2D eigenvalue weighted by atomic mass is 10.2. The second-order valence-corrected chi connectivity index (χ2v) is 6.54. The monoisotopic (exact) mass is 402 g/mol. The van der Waals surface area contributed by atoms with Gasteiger partial charge in [0.15, 0.2) is 0 Å². The molecule has 0 aliphatic heterocycles. The van der Waals surface area contributed by atoms with Crippen molar-refractivity contribution in [2.75, 3.05) is 5.43 Å². The molecule has 0 fully saturated rings. The highest BCUT2D eigenvalue weighted by Gasteiger charge is 2.04. The Morgan fingerprint density at radius 1 is 1.17 bits per heavy atom. The lowest BCUT2D eigenvalue weighted by Crippen LogP contribution is -1.91. The van der Waals surface area contributed by atoms with Crippen LogP contribution in [0, 0.1) is 10.1 Å². The molecule has 0 atom stereocenters. The van der Waals surface area contributed by atoms with Gasteiger partial charge in [0.05, 0.1) is 16.8 Å². The van der Waals surface area contributed by atoms with Crippen LogP contribution in [0.1, 0.15) is 5.56 Å². The first-order valence-corrected chi connectivity index (χ1v) is 8.54. The van der Waals surface area contributed by atoms with Gasteiger partial charge in [0.1, 0.15) is 0 Å². The van der Waals surface area contributed by atoms with Crippen molar-refractivity contribution in [3.8, 4) is 11.3 Å². The van der Waals surface area contributed by atoms with Crippen LogP contribution in [0.4, 0.5) is 10.8 Å². The number of non-ortho nitro benzene ring substituents is 1. The van der Waals surface area contributed by atoms with Crippen LogP contribution in [0.5, 0.6) is 0 Å². The third kappa shape index (κ3) is 4.03. The zero-order chi connectivity index (χ0) is 16.9. The summed E-state index contributed by atoms with van der Waals surface area (Å²) in [5.41, 5.74) is 5.59. The molecule has 3 rings (SSSR count). The number of hydrazone groups is 1. The van der Waals surface area contributed by atoms with Crippen LogP contribution in [0.3, 0.4) is 0 Å². The Labute approximate surface area is 150 Å². The van der Waals surface area contributed by atoms with E-state index in [9.17, 15) is 10.1 Å². The number of nitrogens with zero attached hydrogens (tertiary/aromatic N) is 3. The van der Waals surface area contributed by atoms with Gasteiger partial charge in [-0.05, 0) is 29.8 Å². The van der Waals surface area contributed by atoms with Crippen LogP contribution in [0.15, 0.2) is 63.5 Å². The minimum Gasteiger partial charge on any atom is -0.258 e. The van der Waals surface area contributed by atoms with E-state index in [1.165, 1.54) is 23.5 Å². The predicted octanol–water partition coefficient (Wildman–Crippen LogP) is 4.93. The van der Waals surface area contributed by atoms with Gasteiger partial charge in [-0.3, -0.25) is 15.5 Å². The van der Waals surface area contributed by atoms with Crippen LogP contribution in [0.2, 0.25) is 0 Å². The van der Waals surface area contributed by atoms with Crippen LogP contribution < -0.4 is 5.43 Å². The molecule has 0 aliphatic rings. The van der Waals surface area contributed by atoms with Gasteiger partial charge in [0.2, 0.25) is 5.13 Å². The highest BCUT2D eigenvalue weighted by molar-refractivity contribution is 9.10.